The number of halogens is 1. The number of hydrogen-bond donors (Lipinski definition) is 2. The summed E-state index contributed by atoms with van der Waals surface area (Å²) in [5, 5.41) is 13.1. The Hall–Kier alpha value is -0.740. The van der Waals surface area contributed by atoms with Gasteiger partial charge >= 0.3 is 0 Å². The maximum absolute atomic E-state index is 4.53. The molecule has 2 heterocycles. The fourth-order valence-corrected chi connectivity index (χ4v) is 3.21. The molecule has 2 N–H and O–H groups in total. The minimum absolute atomic E-state index is 0. The summed E-state index contributed by atoms with van der Waals surface area (Å²) in [5.74, 6) is 0.799. The van der Waals surface area contributed by atoms with Crippen LogP contribution >= 0.6 is 46.7 Å². The minimum atomic E-state index is 0. The lowest BCUT2D eigenvalue weighted by Crippen LogP contribution is -2.37. The van der Waals surface area contributed by atoms with E-state index in [0.717, 1.165) is 41.7 Å². The summed E-state index contributed by atoms with van der Waals surface area (Å²) >= 11 is 3.40. The van der Waals surface area contributed by atoms with Gasteiger partial charge < -0.3 is 10.6 Å². The second kappa shape index (κ2) is 10.1. The number of hydrogen-bond acceptors (Lipinski definition) is 5. The van der Waals surface area contributed by atoms with Crippen molar-refractivity contribution in [3.05, 3.63) is 32.2 Å². The average Bonchev–Trinajstić information content (AvgIpc) is 3.11. The SMILES string of the molecule is CCc1nc(CNC(=NC)NCCc2csc(C)n2)cs1.I. The van der Waals surface area contributed by atoms with Gasteiger partial charge in [-0.05, 0) is 13.3 Å². The Morgan fingerprint density at radius 2 is 1.95 bits per heavy atom. The topological polar surface area (TPSA) is 62.2 Å². The molecule has 2 rings (SSSR count). The molecular weight excluding hydrogens is 429 g/mol. The monoisotopic (exact) mass is 451 g/mol. The first-order valence-electron chi connectivity index (χ1n) is 7.00. The third-order valence-electron chi connectivity index (χ3n) is 2.90. The van der Waals surface area contributed by atoms with E-state index in [1.807, 2.05) is 6.92 Å². The molecular formula is C14H22IN5S2. The number of thiazole rings is 2. The van der Waals surface area contributed by atoms with Crippen LogP contribution in [0.2, 0.25) is 0 Å². The first-order valence-corrected chi connectivity index (χ1v) is 8.76. The van der Waals surface area contributed by atoms with Gasteiger partial charge in [0.25, 0.3) is 0 Å². The highest BCUT2D eigenvalue weighted by atomic mass is 127. The van der Waals surface area contributed by atoms with Gasteiger partial charge in [0.2, 0.25) is 0 Å². The molecule has 0 fully saturated rings. The Bertz CT molecular complexity index is 594. The zero-order valence-corrected chi connectivity index (χ0v) is 17.0. The summed E-state index contributed by atoms with van der Waals surface area (Å²) in [7, 11) is 1.78. The molecule has 0 atom stereocenters. The Kier molecular flexibility index (Phi) is 8.88. The van der Waals surface area contributed by atoms with E-state index in [0.29, 0.717) is 6.54 Å². The van der Waals surface area contributed by atoms with Crippen LogP contribution in [-0.2, 0) is 19.4 Å². The molecule has 0 amide bonds. The van der Waals surface area contributed by atoms with E-state index in [1.165, 1.54) is 5.01 Å². The quantitative estimate of drug-likeness (QED) is 0.403. The van der Waals surface area contributed by atoms with Crippen LogP contribution in [0.4, 0.5) is 0 Å². The molecule has 0 aliphatic carbocycles. The normalized spacial score (nSPS) is 11.1. The molecule has 0 aromatic carbocycles. The molecule has 2 aromatic rings. The highest BCUT2D eigenvalue weighted by Gasteiger charge is 2.03. The molecule has 0 radical (unpaired) electrons. The van der Waals surface area contributed by atoms with E-state index in [9.17, 15) is 0 Å². The van der Waals surface area contributed by atoms with Crippen molar-refractivity contribution >= 4 is 52.6 Å². The predicted octanol–water partition coefficient (Wildman–Crippen LogP) is 3.00. The van der Waals surface area contributed by atoms with Crippen molar-refractivity contribution in [3.63, 3.8) is 0 Å². The zero-order chi connectivity index (χ0) is 15.1. The average molecular weight is 451 g/mol. The van der Waals surface area contributed by atoms with Crippen LogP contribution < -0.4 is 10.6 Å². The van der Waals surface area contributed by atoms with Crippen molar-refractivity contribution in [2.24, 2.45) is 4.99 Å². The Labute approximate surface area is 156 Å². The third-order valence-corrected chi connectivity index (χ3v) is 4.77. The van der Waals surface area contributed by atoms with Gasteiger partial charge in [0.15, 0.2) is 5.96 Å². The minimum Gasteiger partial charge on any atom is -0.356 e. The maximum atomic E-state index is 4.53. The lowest BCUT2D eigenvalue weighted by Gasteiger charge is -2.10. The van der Waals surface area contributed by atoms with Crippen molar-refractivity contribution in [1.82, 2.24) is 20.6 Å². The van der Waals surface area contributed by atoms with Crippen molar-refractivity contribution in [3.8, 4) is 0 Å². The van der Waals surface area contributed by atoms with Crippen LogP contribution in [0.5, 0.6) is 0 Å². The summed E-state index contributed by atoms with van der Waals surface area (Å²) in [4.78, 5) is 13.2. The van der Waals surface area contributed by atoms with Gasteiger partial charge in [-0.3, -0.25) is 4.99 Å². The summed E-state index contributed by atoms with van der Waals surface area (Å²) in [6.45, 7) is 5.67. The van der Waals surface area contributed by atoms with Crippen LogP contribution in [0.3, 0.4) is 0 Å². The van der Waals surface area contributed by atoms with Crippen LogP contribution in [0.15, 0.2) is 15.8 Å². The van der Waals surface area contributed by atoms with E-state index < -0.39 is 0 Å². The van der Waals surface area contributed by atoms with Gasteiger partial charge in [0, 0.05) is 30.8 Å². The first kappa shape index (κ1) is 19.3. The highest BCUT2D eigenvalue weighted by Crippen LogP contribution is 2.09. The maximum Gasteiger partial charge on any atom is 0.191 e. The van der Waals surface area contributed by atoms with Gasteiger partial charge in [0.05, 0.1) is 27.9 Å². The molecule has 0 saturated carbocycles. The summed E-state index contributed by atoms with van der Waals surface area (Å²) in [6, 6.07) is 0. The molecule has 5 nitrogen and oxygen atoms in total. The van der Waals surface area contributed by atoms with E-state index in [1.54, 1.807) is 29.7 Å². The van der Waals surface area contributed by atoms with Crippen LogP contribution in [0.25, 0.3) is 0 Å². The van der Waals surface area contributed by atoms with Crippen molar-refractivity contribution in [2.75, 3.05) is 13.6 Å². The standard InChI is InChI=1S/C14H21N5S2.HI/c1-4-13-19-12(9-21-13)7-17-14(15-3)16-6-5-11-8-20-10(2)18-11;/h8-9H,4-7H2,1-3H3,(H2,15,16,17);1H. The third kappa shape index (κ3) is 6.17. The lowest BCUT2D eigenvalue weighted by atomic mass is 10.3. The lowest BCUT2D eigenvalue weighted by molar-refractivity contribution is 0.777. The van der Waals surface area contributed by atoms with Crippen LogP contribution in [-0.4, -0.2) is 29.5 Å². The largest absolute Gasteiger partial charge is 0.356 e. The predicted molar refractivity (Wildman–Crippen MR) is 106 cm³/mol. The Balaban J connectivity index is 0.00000242. The summed E-state index contributed by atoms with van der Waals surface area (Å²) in [6.07, 6.45) is 1.90. The molecule has 0 bridgehead atoms. The van der Waals surface area contributed by atoms with E-state index in [2.05, 4.69) is 43.3 Å². The number of aliphatic imine (C=N–C) groups is 1. The van der Waals surface area contributed by atoms with Crippen molar-refractivity contribution in [1.29, 1.82) is 0 Å². The zero-order valence-electron chi connectivity index (χ0n) is 13.0. The second-order valence-corrected chi connectivity index (χ2v) is 6.55. The Morgan fingerprint density at radius 1 is 1.18 bits per heavy atom. The number of guanidine groups is 1. The fourth-order valence-electron chi connectivity index (χ4n) is 1.82. The number of rotatable bonds is 6. The smallest absolute Gasteiger partial charge is 0.191 e. The van der Waals surface area contributed by atoms with Crippen LogP contribution in [0.1, 0.15) is 28.3 Å². The Morgan fingerprint density at radius 3 is 2.55 bits per heavy atom. The molecule has 0 aliphatic rings. The first-order chi connectivity index (χ1) is 10.2. The molecule has 122 valence electrons. The van der Waals surface area contributed by atoms with Gasteiger partial charge in [-0.2, -0.15) is 0 Å². The van der Waals surface area contributed by atoms with E-state index in [4.69, 9.17) is 0 Å². The van der Waals surface area contributed by atoms with E-state index >= 15 is 0 Å². The van der Waals surface area contributed by atoms with Crippen LogP contribution in [0, 0.1) is 6.92 Å². The number of aromatic nitrogens is 2. The van der Waals surface area contributed by atoms with Gasteiger partial charge in [0.1, 0.15) is 0 Å². The fraction of sp³-hybridized carbons (Fsp3) is 0.500. The summed E-state index contributed by atoms with van der Waals surface area (Å²) in [5.41, 5.74) is 2.20. The van der Waals surface area contributed by atoms with Gasteiger partial charge in [-0.25, -0.2) is 9.97 Å². The van der Waals surface area contributed by atoms with E-state index in [-0.39, 0.29) is 24.0 Å². The molecule has 0 spiro atoms. The van der Waals surface area contributed by atoms with Crippen molar-refractivity contribution < 1.29 is 0 Å². The number of nitrogens with one attached hydrogen (secondary N) is 2. The molecule has 0 unspecified atom stereocenters. The van der Waals surface area contributed by atoms with Gasteiger partial charge in [-0.15, -0.1) is 46.7 Å². The second-order valence-electron chi connectivity index (χ2n) is 4.55. The molecule has 8 heteroatoms. The molecule has 0 saturated heterocycles. The highest BCUT2D eigenvalue weighted by molar-refractivity contribution is 14.0. The molecule has 22 heavy (non-hydrogen) atoms. The van der Waals surface area contributed by atoms with Crippen molar-refractivity contribution in [2.45, 2.75) is 33.2 Å². The molecule has 0 aliphatic heterocycles. The molecule has 2 aromatic heterocycles. The number of nitrogens with zero attached hydrogens (tertiary/aromatic N) is 3. The number of aryl methyl sites for hydroxylation is 2. The summed E-state index contributed by atoms with van der Waals surface area (Å²) < 4.78 is 0. The van der Waals surface area contributed by atoms with Gasteiger partial charge in [-0.1, -0.05) is 6.92 Å².